The Balaban J connectivity index is 1.82. The minimum absolute atomic E-state index is 0.291. The second-order valence-electron chi connectivity index (χ2n) is 6.37. The predicted molar refractivity (Wildman–Crippen MR) is 110 cm³/mol. The Bertz CT molecular complexity index is 1090. The molecule has 2 aromatic heterocycles. The van der Waals surface area contributed by atoms with E-state index in [9.17, 15) is 14.4 Å². The number of hydrogen-bond acceptors (Lipinski definition) is 5. The molecule has 3 N–H and O–H groups in total. The standard InChI is InChI=1S/C21H22N4O5/c1-3-15-18(25-11-5-6-16(30-4-2)19(25)24-15)21(29)23-14-9-7-13(8-10-14)20(28)22-12-17(26)27/h5-11H,3-4,12H2,1-2H3,(H,22,28)(H,23,29)(H,26,27). The molecule has 30 heavy (non-hydrogen) atoms. The largest absolute Gasteiger partial charge is 0.490 e. The maximum Gasteiger partial charge on any atom is 0.322 e. The van der Waals surface area contributed by atoms with E-state index in [0.717, 1.165) is 0 Å². The Kier molecular flexibility index (Phi) is 6.31. The number of nitrogens with one attached hydrogen (secondary N) is 2. The Labute approximate surface area is 172 Å². The molecule has 0 radical (unpaired) electrons. The van der Waals surface area contributed by atoms with Gasteiger partial charge in [-0.1, -0.05) is 6.92 Å². The minimum atomic E-state index is -1.13. The van der Waals surface area contributed by atoms with E-state index in [0.29, 0.717) is 47.1 Å². The van der Waals surface area contributed by atoms with E-state index in [2.05, 4.69) is 15.6 Å². The molecule has 0 bridgehead atoms. The van der Waals surface area contributed by atoms with Crippen LogP contribution in [0.5, 0.6) is 5.75 Å². The van der Waals surface area contributed by atoms with Gasteiger partial charge < -0.3 is 20.5 Å². The molecule has 0 saturated heterocycles. The fourth-order valence-corrected chi connectivity index (χ4v) is 3.00. The average Bonchev–Trinajstić information content (AvgIpc) is 3.12. The lowest BCUT2D eigenvalue weighted by molar-refractivity contribution is -0.135. The highest BCUT2D eigenvalue weighted by molar-refractivity contribution is 6.05. The molecule has 156 valence electrons. The predicted octanol–water partition coefficient (Wildman–Crippen LogP) is 2.36. The first-order valence-electron chi connectivity index (χ1n) is 9.48. The summed E-state index contributed by atoms with van der Waals surface area (Å²) in [6.45, 7) is 3.83. The van der Waals surface area contributed by atoms with Gasteiger partial charge in [0, 0.05) is 17.4 Å². The number of carboxylic acids is 1. The van der Waals surface area contributed by atoms with Crippen molar-refractivity contribution in [3.63, 3.8) is 0 Å². The molecule has 3 rings (SSSR count). The van der Waals surface area contributed by atoms with E-state index < -0.39 is 18.4 Å². The van der Waals surface area contributed by atoms with Gasteiger partial charge in [0.25, 0.3) is 11.8 Å². The van der Waals surface area contributed by atoms with Crippen molar-refractivity contribution in [2.75, 3.05) is 18.5 Å². The van der Waals surface area contributed by atoms with Crippen molar-refractivity contribution in [2.24, 2.45) is 0 Å². The third kappa shape index (κ3) is 4.40. The van der Waals surface area contributed by atoms with Crippen molar-refractivity contribution < 1.29 is 24.2 Å². The van der Waals surface area contributed by atoms with Gasteiger partial charge in [0.1, 0.15) is 12.2 Å². The first kappa shape index (κ1) is 20.8. The maximum absolute atomic E-state index is 13.0. The number of amides is 2. The van der Waals surface area contributed by atoms with Gasteiger partial charge >= 0.3 is 5.97 Å². The van der Waals surface area contributed by atoms with Crippen LogP contribution < -0.4 is 15.4 Å². The molecule has 1 aromatic carbocycles. The van der Waals surface area contributed by atoms with E-state index in [1.807, 2.05) is 13.8 Å². The monoisotopic (exact) mass is 410 g/mol. The molecule has 0 fully saturated rings. The molecule has 0 atom stereocenters. The first-order valence-corrected chi connectivity index (χ1v) is 9.48. The molecule has 9 nitrogen and oxygen atoms in total. The van der Waals surface area contributed by atoms with Crippen LogP contribution in [0.25, 0.3) is 5.65 Å². The van der Waals surface area contributed by atoms with Gasteiger partial charge in [0.05, 0.1) is 12.3 Å². The molecule has 0 aliphatic rings. The van der Waals surface area contributed by atoms with Crippen LogP contribution in [0.1, 0.15) is 40.4 Å². The summed E-state index contributed by atoms with van der Waals surface area (Å²) in [5.41, 5.74) is 2.42. The Morgan fingerprint density at radius 3 is 2.47 bits per heavy atom. The minimum Gasteiger partial charge on any atom is -0.490 e. The van der Waals surface area contributed by atoms with E-state index in [4.69, 9.17) is 9.84 Å². The highest BCUT2D eigenvalue weighted by Gasteiger charge is 2.20. The van der Waals surface area contributed by atoms with Crippen molar-refractivity contribution in [2.45, 2.75) is 20.3 Å². The van der Waals surface area contributed by atoms with Crippen LogP contribution in [0.15, 0.2) is 42.6 Å². The topological polar surface area (TPSA) is 122 Å². The summed E-state index contributed by atoms with van der Waals surface area (Å²) in [4.78, 5) is 40.0. The Hall–Kier alpha value is -3.88. The van der Waals surface area contributed by atoms with E-state index in [1.165, 1.54) is 12.1 Å². The van der Waals surface area contributed by atoms with Gasteiger partial charge in [-0.15, -0.1) is 0 Å². The second kappa shape index (κ2) is 9.08. The maximum atomic E-state index is 13.0. The number of hydrogen-bond donors (Lipinski definition) is 3. The van der Waals surface area contributed by atoms with Gasteiger partial charge in [-0.2, -0.15) is 0 Å². The quantitative estimate of drug-likeness (QED) is 0.524. The number of benzene rings is 1. The number of carboxylic acid groups (broad SMARTS) is 1. The lowest BCUT2D eigenvalue weighted by atomic mass is 10.2. The Morgan fingerprint density at radius 1 is 1.10 bits per heavy atom. The molecule has 9 heteroatoms. The van der Waals surface area contributed by atoms with Gasteiger partial charge in [-0.25, -0.2) is 4.98 Å². The first-order chi connectivity index (χ1) is 14.4. The van der Waals surface area contributed by atoms with Crippen LogP contribution in [-0.2, 0) is 11.2 Å². The smallest absolute Gasteiger partial charge is 0.322 e. The summed E-state index contributed by atoms with van der Waals surface area (Å²) in [6, 6.07) is 9.77. The molecule has 2 amide bonds. The summed E-state index contributed by atoms with van der Waals surface area (Å²) in [5, 5.41) is 13.7. The second-order valence-corrected chi connectivity index (χ2v) is 6.37. The highest BCUT2D eigenvalue weighted by Crippen LogP contribution is 2.23. The number of rotatable bonds is 8. The normalized spacial score (nSPS) is 10.6. The van der Waals surface area contributed by atoms with Crippen molar-refractivity contribution >= 4 is 29.1 Å². The number of ether oxygens (including phenoxy) is 1. The number of aromatic nitrogens is 2. The van der Waals surface area contributed by atoms with E-state index in [-0.39, 0.29) is 5.91 Å². The SMILES string of the molecule is CCOc1cccn2c(C(=O)Nc3ccc(C(=O)NCC(=O)O)cc3)c(CC)nc12. The van der Waals surface area contributed by atoms with Gasteiger partial charge in [0.2, 0.25) is 0 Å². The van der Waals surface area contributed by atoms with Crippen molar-refractivity contribution in [3.05, 3.63) is 59.5 Å². The molecule has 0 aliphatic carbocycles. The van der Waals surface area contributed by atoms with Crippen LogP contribution in [-0.4, -0.2) is 45.4 Å². The zero-order valence-corrected chi connectivity index (χ0v) is 16.6. The fraction of sp³-hybridized carbons (Fsp3) is 0.238. The van der Waals surface area contributed by atoms with E-state index in [1.54, 1.807) is 34.9 Å². The van der Waals surface area contributed by atoms with Gasteiger partial charge in [-0.3, -0.25) is 18.8 Å². The molecular weight excluding hydrogens is 388 g/mol. The van der Waals surface area contributed by atoms with Crippen LogP contribution in [0.4, 0.5) is 5.69 Å². The zero-order chi connectivity index (χ0) is 21.7. The summed E-state index contributed by atoms with van der Waals surface area (Å²) >= 11 is 0. The fourth-order valence-electron chi connectivity index (χ4n) is 3.00. The van der Waals surface area contributed by atoms with Crippen molar-refractivity contribution in [1.29, 1.82) is 0 Å². The van der Waals surface area contributed by atoms with Crippen molar-refractivity contribution in [1.82, 2.24) is 14.7 Å². The van der Waals surface area contributed by atoms with Crippen LogP contribution in [0.2, 0.25) is 0 Å². The number of nitrogens with zero attached hydrogens (tertiary/aromatic N) is 2. The molecule has 0 aliphatic heterocycles. The summed E-state index contributed by atoms with van der Waals surface area (Å²) in [6.07, 6.45) is 2.33. The molecule has 2 heterocycles. The van der Waals surface area contributed by atoms with Crippen molar-refractivity contribution in [3.8, 4) is 5.75 Å². The summed E-state index contributed by atoms with van der Waals surface area (Å²) in [5.74, 6) is -1.37. The number of carbonyl (C=O) groups is 3. The third-order valence-electron chi connectivity index (χ3n) is 4.34. The highest BCUT2D eigenvalue weighted by atomic mass is 16.5. The number of carbonyl (C=O) groups excluding carboxylic acids is 2. The van der Waals surface area contributed by atoms with Crippen LogP contribution in [0, 0.1) is 0 Å². The molecule has 0 unspecified atom stereocenters. The average molecular weight is 410 g/mol. The Morgan fingerprint density at radius 2 is 1.83 bits per heavy atom. The molecule has 3 aromatic rings. The summed E-state index contributed by atoms with van der Waals surface area (Å²) in [7, 11) is 0. The number of pyridine rings is 1. The van der Waals surface area contributed by atoms with E-state index >= 15 is 0 Å². The number of anilines is 1. The molecule has 0 spiro atoms. The third-order valence-corrected chi connectivity index (χ3v) is 4.34. The number of imidazole rings is 1. The van der Waals surface area contributed by atoms with Gasteiger partial charge in [0.15, 0.2) is 11.4 Å². The summed E-state index contributed by atoms with van der Waals surface area (Å²) < 4.78 is 7.31. The lowest BCUT2D eigenvalue weighted by Crippen LogP contribution is -2.29. The van der Waals surface area contributed by atoms with Gasteiger partial charge in [-0.05, 0) is 49.7 Å². The number of fused-ring (bicyclic) bond motifs is 1. The molecule has 0 saturated carbocycles. The van der Waals surface area contributed by atoms with Crippen LogP contribution in [0.3, 0.4) is 0 Å². The molecular formula is C21H22N4O5. The number of aryl methyl sites for hydroxylation is 1. The number of aliphatic carboxylic acids is 1. The van der Waals surface area contributed by atoms with Crippen LogP contribution >= 0.6 is 0 Å². The zero-order valence-electron chi connectivity index (χ0n) is 16.6. The lowest BCUT2D eigenvalue weighted by Gasteiger charge is -2.09.